The van der Waals surface area contributed by atoms with Crippen molar-refractivity contribution in [2.45, 2.75) is 26.4 Å². The summed E-state index contributed by atoms with van der Waals surface area (Å²) in [5.41, 5.74) is -0.429. The van der Waals surface area contributed by atoms with Crippen LogP contribution in [0, 0.1) is 4.91 Å². The molecule has 0 aromatic heterocycles. The molecule has 0 rings (SSSR count). The van der Waals surface area contributed by atoms with Crippen molar-refractivity contribution in [2.24, 2.45) is 5.34 Å². The number of rotatable bonds is 1. The van der Waals surface area contributed by atoms with Crippen molar-refractivity contribution in [3.05, 3.63) is 4.91 Å². The van der Waals surface area contributed by atoms with Crippen molar-refractivity contribution in [2.75, 3.05) is 0 Å². The van der Waals surface area contributed by atoms with Crippen LogP contribution in [0.25, 0.3) is 0 Å². The Morgan fingerprint density at radius 3 is 1.75 bits per heavy atom. The van der Waals surface area contributed by atoms with Gasteiger partial charge in [0.25, 0.3) is 0 Å². The van der Waals surface area contributed by atoms with Crippen LogP contribution in [0.1, 0.15) is 20.8 Å². The predicted octanol–water partition coefficient (Wildman–Crippen LogP) is 1.10. The second-order valence-electron chi connectivity index (χ2n) is 2.28. The normalized spacial score (nSPS) is 9.38. The van der Waals surface area contributed by atoms with Gasteiger partial charge in [-0.15, -0.1) is 4.91 Å². The Morgan fingerprint density at radius 2 is 1.75 bits per heavy atom. The average Bonchev–Trinajstić information content (AvgIpc) is 1.30. The molecule has 0 saturated heterocycles. The molecular weight excluding hydrogens is 117 g/mol. The molecule has 0 aliphatic carbocycles. The van der Waals surface area contributed by atoms with Gasteiger partial charge in [0, 0.05) is 29.6 Å². The van der Waals surface area contributed by atoms with E-state index in [1.165, 1.54) is 0 Å². The maximum absolute atomic E-state index is 9.35. The first-order valence-corrected chi connectivity index (χ1v) is 2.07. The zero-order valence-corrected chi connectivity index (χ0v) is 7.76. The monoisotopic (exact) mass is 126 g/mol. The molecule has 3 nitrogen and oxygen atoms in total. The Hall–Kier alpha value is 0.400. The summed E-state index contributed by atoms with van der Waals surface area (Å²) in [6, 6.07) is 0. The molecule has 0 aliphatic rings. The Balaban J connectivity index is 0. The summed E-state index contributed by atoms with van der Waals surface area (Å²) >= 11 is 0. The van der Waals surface area contributed by atoms with Crippen LogP contribution in [0.4, 0.5) is 0 Å². The van der Waals surface area contributed by atoms with E-state index in [1.54, 1.807) is 20.8 Å². The van der Waals surface area contributed by atoms with Crippen LogP contribution < -0.4 is 0 Å². The Bertz CT molecular complexity index is 68.9. The van der Waals surface area contributed by atoms with E-state index >= 15 is 0 Å². The standard InChI is InChI=1S/C4H9NO2.Na/c1-4(2,3)7-5-6;/h1-3H3;. The summed E-state index contributed by atoms with van der Waals surface area (Å²) in [4.78, 5) is 13.6. The summed E-state index contributed by atoms with van der Waals surface area (Å²) in [5.74, 6) is 0. The molecule has 43 valence electrons. The Morgan fingerprint density at radius 1 is 1.38 bits per heavy atom. The van der Waals surface area contributed by atoms with Gasteiger partial charge in [0.15, 0.2) is 5.34 Å². The second-order valence-corrected chi connectivity index (χ2v) is 2.28. The molecule has 0 N–H and O–H groups in total. The van der Waals surface area contributed by atoms with Gasteiger partial charge < -0.3 is 4.84 Å². The minimum absolute atomic E-state index is 0. The number of hydrogen-bond acceptors (Lipinski definition) is 3. The fraction of sp³-hybridized carbons (Fsp3) is 1.00. The predicted molar refractivity (Wildman–Crippen MR) is 32.4 cm³/mol. The maximum atomic E-state index is 9.35. The summed E-state index contributed by atoms with van der Waals surface area (Å²) in [6.45, 7) is 5.28. The maximum Gasteiger partial charge on any atom is 0.155 e. The van der Waals surface area contributed by atoms with E-state index in [0.717, 1.165) is 0 Å². The molecule has 8 heavy (non-hydrogen) atoms. The zero-order valence-electron chi connectivity index (χ0n) is 5.76. The van der Waals surface area contributed by atoms with Gasteiger partial charge in [0.2, 0.25) is 0 Å². The van der Waals surface area contributed by atoms with Crippen LogP contribution in [0.3, 0.4) is 0 Å². The third kappa shape index (κ3) is 9.64. The molecule has 0 fully saturated rings. The molecule has 0 unspecified atom stereocenters. The fourth-order valence-electron chi connectivity index (χ4n) is 0.112. The van der Waals surface area contributed by atoms with Crippen LogP contribution >= 0.6 is 0 Å². The SMILES string of the molecule is CC(C)(C)ON=O.[Na]. The van der Waals surface area contributed by atoms with E-state index in [-0.39, 0.29) is 29.6 Å². The van der Waals surface area contributed by atoms with Crippen LogP contribution in [0.5, 0.6) is 0 Å². The molecule has 4 heteroatoms. The van der Waals surface area contributed by atoms with Crippen molar-refractivity contribution in [1.82, 2.24) is 0 Å². The third-order valence-corrected chi connectivity index (χ3v) is 0.311. The molecule has 0 atom stereocenters. The van der Waals surface area contributed by atoms with Gasteiger partial charge in [-0.1, -0.05) is 0 Å². The van der Waals surface area contributed by atoms with E-state index < -0.39 is 5.60 Å². The molecular formula is C4H9NNaO2. The molecule has 0 aromatic carbocycles. The first-order chi connectivity index (χ1) is 3.06. The summed E-state index contributed by atoms with van der Waals surface area (Å²) in [6.07, 6.45) is 0. The van der Waals surface area contributed by atoms with Crippen LogP contribution in [0.2, 0.25) is 0 Å². The fourth-order valence-corrected chi connectivity index (χ4v) is 0.112. The van der Waals surface area contributed by atoms with Crippen molar-refractivity contribution in [1.29, 1.82) is 0 Å². The van der Waals surface area contributed by atoms with Gasteiger partial charge in [-0.2, -0.15) is 0 Å². The largest absolute Gasteiger partial charge is 0.358 e. The number of hydrogen-bond donors (Lipinski definition) is 0. The molecule has 0 aliphatic heterocycles. The van der Waals surface area contributed by atoms with Crippen molar-refractivity contribution in [3.63, 3.8) is 0 Å². The first kappa shape index (κ1) is 11.2. The summed E-state index contributed by atoms with van der Waals surface area (Å²) < 4.78 is 0. The van der Waals surface area contributed by atoms with Gasteiger partial charge >= 0.3 is 0 Å². The van der Waals surface area contributed by atoms with E-state index in [4.69, 9.17) is 0 Å². The van der Waals surface area contributed by atoms with Gasteiger partial charge in [0.05, 0.1) is 0 Å². The smallest absolute Gasteiger partial charge is 0.155 e. The van der Waals surface area contributed by atoms with Gasteiger partial charge in [0.1, 0.15) is 5.60 Å². The van der Waals surface area contributed by atoms with Crippen LogP contribution in [-0.4, -0.2) is 35.2 Å². The second kappa shape index (κ2) is 4.30. The molecule has 0 spiro atoms. The van der Waals surface area contributed by atoms with E-state index in [9.17, 15) is 4.91 Å². The molecule has 0 saturated carbocycles. The van der Waals surface area contributed by atoms with E-state index in [1.807, 2.05) is 0 Å². The average molecular weight is 126 g/mol. The Labute approximate surface area is 71.0 Å². The minimum atomic E-state index is -0.429. The molecule has 1 radical (unpaired) electrons. The topological polar surface area (TPSA) is 38.7 Å². The van der Waals surface area contributed by atoms with Crippen LogP contribution in [-0.2, 0) is 4.84 Å². The van der Waals surface area contributed by atoms with Crippen molar-refractivity contribution < 1.29 is 4.84 Å². The molecule has 0 amide bonds. The van der Waals surface area contributed by atoms with Gasteiger partial charge in [-0.3, -0.25) is 0 Å². The zero-order chi connectivity index (χ0) is 5.91. The quantitative estimate of drug-likeness (QED) is 0.300. The van der Waals surface area contributed by atoms with Gasteiger partial charge in [-0.05, 0) is 20.8 Å². The molecule has 0 heterocycles. The first-order valence-electron chi connectivity index (χ1n) is 2.07. The van der Waals surface area contributed by atoms with E-state index in [0.29, 0.717) is 0 Å². The summed E-state index contributed by atoms with van der Waals surface area (Å²) in [7, 11) is 0. The Kier molecular flexibility index (Phi) is 6.03. The third-order valence-electron chi connectivity index (χ3n) is 0.311. The van der Waals surface area contributed by atoms with E-state index in [2.05, 4.69) is 10.2 Å². The minimum Gasteiger partial charge on any atom is -0.358 e. The summed E-state index contributed by atoms with van der Waals surface area (Å²) in [5, 5.41) is 2.26. The van der Waals surface area contributed by atoms with Gasteiger partial charge in [-0.25, -0.2) is 0 Å². The van der Waals surface area contributed by atoms with Crippen molar-refractivity contribution >= 4 is 29.6 Å². The van der Waals surface area contributed by atoms with Crippen molar-refractivity contribution in [3.8, 4) is 0 Å². The van der Waals surface area contributed by atoms with Crippen LogP contribution in [0.15, 0.2) is 5.34 Å². The molecule has 0 aromatic rings. The number of nitrogens with zero attached hydrogens (tertiary/aromatic N) is 1. The molecule has 0 bridgehead atoms.